The molecule has 2 atom stereocenters. The zero-order valence-electron chi connectivity index (χ0n) is 18.0. The Kier molecular flexibility index (Phi) is 6.92. The number of imidazole rings is 1. The van der Waals surface area contributed by atoms with Gasteiger partial charge in [0.15, 0.2) is 0 Å². The summed E-state index contributed by atoms with van der Waals surface area (Å²) in [5.74, 6) is 1.14. The monoisotopic (exact) mass is 422 g/mol. The van der Waals surface area contributed by atoms with Crippen LogP contribution in [0.3, 0.4) is 0 Å². The highest BCUT2D eigenvalue weighted by Gasteiger charge is 2.25. The van der Waals surface area contributed by atoms with E-state index in [9.17, 15) is 9.59 Å². The highest BCUT2D eigenvalue weighted by Crippen LogP contribution is 2.29. The van der Waals surface area contributed by atoms with Crippen LogP contribution in [-0.2, 0) is 11.8 Å². The molecule has 162 valence electrons. The topological polar surface area (TPSA) is 94.5 Å². The second-order valence-corrected chi connectivity index (χ2v) is 7.05. The van der Waals surface area contributed by atoms with Gasteiger partial charge in [0.1, 0.15) is 29.4 Å². The van der Waals surface area contributed by atoms with Gasteiger partial charge in [-0.3, -0.25) is 9.59 Å². The lowest BCUT2D eigenvalue weighted by molar-refractivity contribution is -0.123. The lowest BCUT2D eigenvalue weighted by Gasteiger charge is -2.23. The first-order valence-corrected chi connectivity index (χ1v) is 9.79. The fourth-order valence-electron chi connectivity index (χ4n) is 3.15. The van der Waals surface area contributed by atoms with Gasteiger partial charge in [-0.25, -0.2) is 4.98 Å². The predicted octanol–water partition coefficient (Wildman–Crippen LogP) is 2.46. The number of aryl methyl sites for hydroxylation is 1. The van der Waals surface area contributed by atoms with Crippen LogP contribution in [0.25, 0.3) is 0 Å². The van der Waals surface area contributed by atoms with Crippen molar-refractivity contribution >= 4 is 11.8 Å². The van der Waals surface area contributed by atoms with E-state index in [1.807, 2.05) is 29.8 Å². The molecule has 3 rings (SSSR count). The maximum Gasteiger partial charge on any atom is 0.251 e. The highest BCUT2D eigenvalue weighted by atomic mass is 16.5. The van der Waals surface area contributed by atoms with Gasteiger partial charge in [0.2, 0.25) is 5.91 Å². The lowest BCUT2D eigenvalue weighted by atomic mass is 10.0. The van der Waals surface area contributed by atoms with E-state index in [0.717, 1.165) is 5.56 Å². The Balaban J connectivity index is 1.85. The molecule has 0 saturated carbocycles. The number of amides is 2. The number of methoxy groups -OCH3 is 2. The van der Waals surface area contributed by atoms with Gasteiger partial charge in [0.25, 0.3) is 5.91 Å². The molecule has 0 bridgehead atoms. The minimum atomic E-state index is -0.761. The Morgan fingerprint density at radius 3 is 2.19 bits per heavy atom. The van der Waals surface area contributed by atoms with Gasteiger partial charge < -0.3 is 24.7 Å². The summed E-state index contributed by atoms with van der Waals surface area (Å²) in [6.45, 7) is 1.64. The zero-order chi connectivity index (χ0) is 22.4. The second-order valence-electron chi connectivity index (χ2n) is 7.05. The highest BCUT2D eigenvalue weighted by molar-refractivity contribution is 5.97. The summed E-state index contributed by atoms with van der Waals surface area (Å²) < 4.78 is 12.6. The van der Waals surface area contributed by atoms with E-state index in [4.69, 9.17) is 9.47 Å². The SMILES string of the molecule is COc1cc(OC)cc([C@@H](NC(=O)[C@H](C)NC(=O)c2ccccc2)c2nccn2C)c1. The van der Waals surface area contributed by atoms with Crippen LogP contribution in [0.4, 0.5) is 0 Å². The van der Waals surface area contributed by atoms with Gasteiger partial charge in [-0.15, -0.1) is 0 Å². The molecule has 2 aromatic carbocycles. The minimum Gasteiger partial charge on any atom is -0.497 e. The van der Waals surface area contributed by atoms with Gasteiger partial charge in [-0.05, 0) is 36.8 Å². The number of aromatic nitrogens is 2. The van der Waals surface area contributed by atoms with Crippen LogP contribution < -0.4 is 20.1 Å². The number of rotatable bonds is 8. The van der Waals surface area contributed by atoms with Gasteiger partial charge in [0.05, 0.1) is 14.2 Å². The van der Waals surface area contributed by atoms with Crippen LogP contribution in [-0.4, -0.2) is 41.6 Å². The van der Waals surface area contributed by atoms with Crippen molar-refractivity contribution in [3.8, 4) is 11.5 Å². The Morgan fingerprint density at radius 2 is 1.65 bits per heavy atom. The van der Waals surface area contributed by atoms with Crippen molar-refractivity contribution in [2.45, 2.75) is 19.0 Å². The molecule has 0 spiro atoms. The van der Waals surface area contributed by atoms with E-state index in [0.29, 0.717) is 22.9 Å². The Bertz CT molecular complexity index is 1030. The molecule has 31 heavy (non-hydrogen) atoms. The second kappa shape index (κ2) is 9.80. The summed E-state index contributed by atoms with van der Waals surface area (Å²) in [5, 5.41) is 5.72. The van der Waals surface area contributed by atoms with Crippen molar-refractivity contribution in [1.29, 1.82) is 0 Å². The predicted molar refractivity (Wildman–Crippen MR) is 116 cm³/mol. The molecule has 0 unspecified atom stereocenters. The van der Waals surface area contributed by atoms with Crippen molar-refractivity contribution in [2.24, 2.45) is 7.05 Å². The van der Waals surface area contributed by atoms with Gasteiger partial charge in [-0.2, -0.15) is 0 Å². The first-order valence-electron chi connectivity index (χ1n) is 9.79. The molecule has 0 aliphatic heterocycles. The van der Waals surface area contributed by atoms with Crippen LogP contribution in [0.15, 0.2) is 60.9 Å². The van der Waals surface area contributed by atoms with E-state index >= 15 is 0 Å². The number of benzene rings is 2. The molecule has 0 saturated heterocycles. The van der Waals surface area contributed by atoms with E-state index in [2.05, 4.69) is 15.6 Å². The molecule has 1 heterocycles. The maximum absolute atomic E-state index is 13.0. The summed E-state index contributed by atoms with van der Waals surface area (Å²) in [6, 6.07) is 12.8. The Labute approximate surface area is 181 Å². The number of nitrogens with zero attached hydrogens (tertiary/aromatic N) is 2. The first kappa shape index (κ1) is 21.9. The number of nitrogens with one attached hydrogen (secondary N) is 2. The lowest BCUT2D eigenvalue weighted by Crippen LogP contribution is -2.46. The molecule has 2 N–H and O–H groups in total. The Hall–Kier alpha value is -3.81. The number of carbonyl (C=O) groups excluding carboxylic acids is 2. The molecule has 2 amide bonds. The molecule has 8 nitrogen and oxygen atoms in total. The average molecular weight is 422 g/mol. The number of carbonyl (C=O) groups is 2. The van der Waals surface area contributed by atoms with Crippen molar-refractivity contribution in [3.05, 3.63) is 77.9 Å². The largest absolute Gasteiger partial charge is 0.497 e. The van der Waals surface area contributed by atoms with Gasteiger partial charge in [0, 0.05) is 31.1 Å². The molecule has 3 aromatic rings. The van der Waals surface area contributed by atoms with Crippen molar-refractivity contribution in [2.75, 3.05) is 14.2 Å². The van der Waals surface area contributed by atoms with Crippen LogP contribution in [0, 0.1) is 0 Å². The smallest absolute Gasteiger partial charge is 0.251 e. The molecular weight excluding hydrogens is 396 g/mol. The number of hydrogen-bond donors (Lipinski definition) is 2. The molecule has 0 fully saturated rings. The number of ether oxygens (including phenoxy) is 2. The van der Waals surface area contributed by atoms with Crippen molar-refractivity contribution in [1.82, 2.24) is 20.2 Å². The molecule has 1 aromatic heterocycles. The molecule has 0 aliphatic rings. The van der Waals surface area contributed by atoms with E-state index in [1.165, 1.54) is 0 Å². The third kappa shape index (κ3) is 5.22. The van der Waals surface area contributed by atoms with E-state index < -0.39 is 12.1 Å². The third-order valence-corrected chi connectivity index (χ3v) is 4.89. The summed E-state index contributed by atoms with van der Waals surface area (Å²) >= 11 is 0. The van der Waals surface area contributed by atoms with E-state index in [1.54, 1.807) is 63.9 Å². The normalized spacial score (nSPS) is 12.5. The van der Waals surface area contributed by atoms with Crippen LogP contribution in [0.2, 0.25) is 0 Å². The summed E-state index contributed by atoms with van der Waals surface area (Å²) in [5.41, 5.74) is 1.22. The molecule has 8 heteroatoms. The summed E-state index contributed by atoms with van der Waals surface area (Å²) in [6.07, 6.45) is 3.46. The molecular formula is C23H26N4O4. The number of hydrogen-bond acceptors (Lipinski definition) is 5. The van der Waals surface area contributed by atoms with Crippen LogP contribution in [0.1, 0.15) is 34.7 Å². The van der Waals surface area contributed by atoms with Crippen LogP contribution >= 0.6 is 0 Å². The Morgan fingerprint density at radius 1 is 1.00 bits per heavy atom. The summed E-state index contributed by atoms with van der Waals surface area (Å²) in [7, 11) is 4.97. The quantitative estimate of drug-likeness (QED) is 0.582. The maximum atomic E-state index is 13.0. The summed E-state index contributed by atoms with van der Waals surface area (Å²) in [4.78, 5) is 29.8. The average Bonchev–Trinajstić information content (AvgIpc) is 3.22. The first-order chi connectivity index (χ1) is 14.9. The van der Waals surface area contributed by atoms with Gasteiger partial charge >= 0.3 is 0 Å². The van der Waals surface area contributed by atoms with E-state index in [-0.39, 0.29) is 11.8 Å². The van der Waals surface area contributed by atoms with Gasteiger partial charge in [-0.1, -0.05) is 18.2 Å². The minimum absolute atomic E-state index is 0.320. The van der Waals surface area contributed by atoms with Crippen LogP contribution in [0.5, 0.6) is 11.5 Å². The third-order valence-electron chi connectivity index (χ3n) is 4.89. The van der Waals surface area contributed by atoms with Crippen molar-refractivity contribution < 1.29 is 19.1 Å². The molecule has 0 radical (unpaired) electrons. The zero-order valence-corrected chi connectivity index (χ0v) is 18.0. The molecule has 0 aliphatic carbocycles. The van der Waals surface area contributed by atoms with Crippen molar-refractivity contribution in [3.63, 3.8) is 0 Å². The fourth-order valence-corrected chi connectivity index (χ4v) is 3.15. The fraction of sp³-hybridized carbons (Fsp3) is 0.261. The standard InChI is InChI=1S/C23H26N4O4/c1-15(25-23(29)16-8-6-5-7-9-16)22(28)26-20(21-24-10-11-27(21)2)17-12-18(30-3)14-19(13-17)31-4/h5-15,20H,1-4H3,(H,25,29)(H,26,28)/t15-,20+/m0/s1.